The maximum absolute atomic E-state index is 2.49. The van der Waals surface area contributed by atoms with Gasteiger partial charge in [-0.15, -0.1) is 0 Å². The molecule has 0 aromatic rings. The van der Waals surface area contributed by atoms with E-state index in [1.165, 1.54) is 10.8 Å². The van der Waals surface area contributed by atoms with Gasteiger partial charge in [0, 0.05) is 0 Å². The predicted molar refractivity (Wildman–Crippen MR) is 69.7 cm³/mol. The SMILES string of the molecule is C[S+](C[Si](C)(C)C)C[Si](C)(C)C.[I-]. The molecule has 0 aromatic carbocycles. The average molecular weight is 348 g/mol. The van der Waals surface area contributed by atoms with E-state index in [0.717, 1.165) is 0 Å². The molecule has 0 spiro atoms. The second-order valence-electron chi connectivity index (χ2n) is 6.19. The fourth-order valence-corrected chi connectivity index (χ4v) is 14.7. The minimum atomic E-state index is -0.785. The quantitative estimate of drug-likeness (QED) is 0.381. The molecule has 82 valence electrons. The molecular formula is C9H25ISSi2. The van der Waals surface area contributed by atoms with Crippen LogP contribution < -0.4 is 24.0 Å². The highest BCUT2D eigenvalue weighted by Gasteiger charge is 2.29. The van der Waals surface area contributed by atoms with Crippen LogP contribution >= 0.6 is 0 Å². The van der Waals surface area contributed by atoms with Crippen molar-refractivity contribution in [3.63, 3.8) is 0 Å². The molecule has 0 aliphatic rings. The minimum Gasteiger partial charge on any atom is -1.00 e. The Labute approximate surface area is 107 Å². The van der Waals surface area contributed by atoms with Crippen LogP contribution in [0.15, 0.2) is 0 Å². The Kier molecular flexibility index (Phi) is 8.04. The van der Waals surface area contributed by atoms with E-state index in [9.17, 15) is 0 Å². The maximum Gasteiger partial charge on any atom is 0.104 e. The van der Waals surface area contributed by atoms with Crippen molar-refractivity contribution in [2.75, 3.05) is 17.0 Å². The summed E-state index contributed by atoms with van der Waals surface area (Å²) in [7, 11) is -0.856. The normalized spacial score (nSPS) is 12.9. The van der Waals surface area contributed by atoms with Gasteiger partial charge >= 0.3 is 0 Å². The van der Waals surface area contributed by atoms with Crippen LogP contribution in [0, 0.1) is 0 Å². The van der Waals surface area contributed by atoms with E-state index in [2.05, 4.69) is 45.5 Å². The van der Waals surface area contributed by atoms with Crippen LogP contribution in [0.2, 0.25) is 39.3 Å². The lowest BCUT2D eigenvalue weighted by Crippen LogP contribution is -3.00. The molecule has 0 saturated heterocycles. The number of halogens is 1. The van der Waals surface area contributed by atoms with Crippen molar-refractivity contribution in [2.24, 2.45) is 0 Å². The lowest BCUT2D eigenvalue weighted by atomic mass is 11.7. The van der Waals surface area contributed by atoms with Gasteiger partial charge in [-0.3, -0.25) is 0 Å². The summed E-state index contributed by atoms with van der Waals surface area (Å²) in [5, 5.41) is 3.08. The van der Waals surface area contributed by atoms with Crippen molar-refractivity contribution in [2.45, 2.75) is 39.3 Å². The van der Waals surface area contributed by atoms with Crippen LogP contribution in [0.4, 0.5) is 0 Å². The van der Waals surface area contributed by atoms with Gasteiger partial charge in [-0.1, -0.05) is 39.3 Å². The van der Waals surface area contributed by atoms with Crippen LogP contribution in [-0.4, -0.2) is 33.2 Å². The zero-order chi connectivity index (χ0) is 9.99. The first-order chi connectivity index (χ1) is 5.10. The van der Waals surface area contributed by atoms with E-state index in [-0.39, 0.29) is 24.0 Å². The second-order valence-corrected chi connectivity index (χ2v) is 20.3. The summed E-state index contributed by atoms with van der Waals surface area (Å²) in [5.74, 6) is 0. The standard InChI is InChI=1S/C9H25SSi2.HI/c1-10(8-11(2,3)4)9-12(5,6)7;/h8-9H2,1-7H3;1H/q+1;/p-1. The molecule has 0 aromatic heterocycles. The Morgan fingerprint density at radius 1 is 0.769 bits per heavy atom. The molecule has 0 nitrogen and oxygen atoms in total. The highest BCUT2D eigenvalue weighted by atomic mass is 127. The molecule has 0 rings (SSSR count). The molecule has 0 saturated carbocycles. The second kappa shape index (κ2) is 6.17. The predicted octanol–water partition coefficient (Wildman–Crippen LogP) is -0.00670. The van der Waals surface area contributed by atoms with Gasteiger partial charge in [-0.25, -0.2) is 0 Å². The maximum atomic E-state index is 2.49. The fraction of sp³-hybridized carbons (Fsp3) is 1.00. The third kappa shape index (κ3) is 13.5. The number of hydrogen-bond acceptors (Lipinski definition) is 0. The third-order valence-electron chi connectivity index (χ3n) is 1.36. The van der Waals surface area contributed by atoms with E-state index in [1.54, 1.807) is 0 Å². The van der Waals surface area contributed by atoms with Gasteiger partial charge in [0.15, 0.2) is 0 Å². The van der Waals surface area contributed by atoms with Crippen molar-refractivity contribution in [1.82, 2.24) is 0 Å². The summed E-state index contributed by atoms with van der Waals surface area (Å²) in [6, 6.07) is 0. The van der Waals surface area contributed by atoms with Gasteiger partial charge in [-0.05, 0) is 10.9 Å². The number of rotatable bonds is 4. The molecule has 0 aliphatic heterocycles. The molecule has 4 heteroatoms. The zero-order valence-corrected chi connectivity index (χ0v) is 15.2. The zero-order valence-electron chi connectivity index (χ0n) is 10.2. The van der Waals surface area contributed by atoms with Gasteiger partial charge in [0.1, 0.15) is 16.1 Å². The Balaban J connectivity index is 0. The third-order valence-corrected chi connectivity index (χ3v) is 12.2. The Bertz CT molecular complexity index is 122. The van der Waals surface area contributed by atoms with E-state index in [1.807, 2.05) is 0 Å². The fourth-order valence-electron chi connectivity index (χ4n) is 1.53. The molecule has 0 bridgehead atoms. The lowest BCUT2D eigenvalue weighted by molar-refractivity contribution is -0.00000342. The molecule has 0 fully saturated rings. The van der Waals surface area contributed by atoms with Crippen LogP contribution in [0.5, 0.6) is 0 Å². The van der Waals surface area contributed by atoms with Crippen LogP contribution in [-0.2, 0) is 10.9 Å². The van der Waals surface area contributed by atoms with Crippen LogP contribution in [0.1, 0.15) is 0 Å². The largest absolute Gasteiger partial charge is 1.00 e. The molecule has 0 atom stereocenters. The summed E-state index contributed by atoms with van der Waals surface area (Å²) in [6.07, 6.45) is 2.47. The molecule has 0 N–H and O–H groups in total. The molecule has 0 aliphatic carbocycles. The van der Waals surface area contributed by atoms with Gasteiger partial charge < -0.3 is 24.0 Å². The average Bonchev–Trinajstić information content (AvgIpc) is 1.49. The Morgan fingerprint density at radius 3 is 1.15 bits per heavy atom. The van der Waals surface area contributed by atoms with Gasteiger partial charge in [0.2, 0.25) is 0 Å². The first-order valence-corrected chi connectivity index (χ1v) is 14.1. The minimum absolute atomic E-state index is 0. The summed E-state index contributed by atoms with van der Waals surface area (Å²) < 4.78 is 0. The Morgan fingerprint density at radius 2 is 1.00 bits per heavy atom. The molecule has 0 heterocycles. The topological polar surface area (TPSA) is 0 Å². The van der Waals surface area contributed by atoms with Crippen molar-refractivity contribution >= 4 is 27.0 Å². The monoisotopic (exact) mass is 348 g/mol. The first-order valence-electron chi connectivity index (χ1n) is 4.69. The molecule has 0 radical (unpaired) electrons. The summed E-state index contributed by atoms with van der Waals surface area (Å²) in [4.78, 5) is 0. The molecule has 0 unspecified atom stereocenters. The van der Waals surface area contributed by atoms with Crippen molar-refractivity contribution in [3.8, 4) is 0 Å². The van der Waals surface area contributed by atoms with E-state index in [0.29, 0.717) is 10.9 Å². The van der Waals surface area contributed by atoms with Gasteiger partial charge in [0.25, 0.3) is 0 Å². The van der Waals surface area contributed by atoms with Gasteiger partial charge in [-0.2, -0.15) is 0 Å². The van der Waals surface area contributed by atoms with Crippen molar-refractivity contribution in [3.05, 3.63) is 0 Å². The van der Waals surface area contributed by atoms with E-state index >= 15 is 0 Å². The van der Waals surface area contributed by atoms with Crippen LogP contribution in [0.3, 0.4) is 0 Å². The first kappa shape index (κ1) is 16.9. The molecule has 13 heavy (non-hydrogen) atoms. The highest BCUT2D eigenvalue weighted by Crippen LogP contribution is 2.11. The van der Waals surface area contributed by atoms with Crippen molar-refractivity contribution < 1.29 is 24.0 Å². The van der Waals surface area contributed by atoms with Crippen molar-refractivity contribution in [1.29, 1.82) is 0 Å². The summed E-state index contributed by atoms with van der Waals surface area (Å²) in [5.41, 5.74) is 0. The van der Waals surface area contributed by atoms with Gasteiger partial charge in [0.05, 0.1) is 17.0 Å². The smallest absolute Gasteiger partial charge is 0.104 e. The van der Waals surface area contributed by atoms with E-state index in [4.69, 9.17) is 0 Å². The highest BCUT2D eigenvalue weighted by molar-refractivity contribution is 7.99. The lowest BCUT2D eigenvalue weighted by Gasteiger charge is -2.19. The number of hydrogen-bond donors (Lipinski definition) is 0. The summed E-state index contributed by atoms with van der Waals surface area (Å²) in [6.45, 7) is 14.9. The van der Waals surface area contributed by atoms with E-state index < -0.39 is 16.1 Å². The molecular weight excluding hydrogens is 323 g/mol. The summed E-state index contributed by atoms with van der Waals surface area (Å²) >= 11 is 0. The Hall–Kier alpha value is 1.51. The molecule has 0 amide bonds. The van der Waals surface area contributed by atoms with Crippen LogP contribution in [0.25, 0.3) is 0 Å².